The van der Waals surface area contributed by atoms with Crippen molar-refractivity contribution in [3.8, 4) is 11.5 Å². The fourth-order valence-corrected chi connectivity index (χ4v) is 1.43. The van der Waals surface area contributed by atoms with Crippen LogP contribution in [0.5, 0.6) is 11.5 Å². The number of ether oxygens (including phenoxy) is 3. The van der Waals surface area contributed by atoms with Crippen molar-refractivity contribution in [3.63, 3.8) is 0 Å². The molecule has 7 heteroatoms. The third-order valence-corrected chi connectivity index (χ3v) is 2.45. The maximum absolute atomic E-state index is 11.4. The Kier molecular flexibility index (Phi) is 6.19. The highest BCUT2D eigenvalue weighted by Gasteiger charge is 2.17. The predicted molar refractivity (Wildman–Crippen MR) is 71.3 cm³/mol. The lowest BCUT2D eigenvalue weighted by molar-refractivity contribution is -0.156. The van der Waals surface area contributed by atoms with E-state index in [1.54, 1.807) is 38.3 Å². The second kappa shape index (κ2) is 7.88. The molecule has 0 aromatic heterocycles. The number of methoxy groups -OCH3 is 1. The first-order chi connectivity index (χ1) is 9.92. The molecule has 114 valence electrons. The van der Waals surface area contributed by atoms with Gasteiger partial charge in [-0.05, 0) is 31.2 Å². The van der Waals surface area contributed by atoms with E-state index < -0.39 is 30.4 Å². The topological polar surface area (TPSA) is 99.1 Å². The molecule has 1 unspecified atom stereocenters. The summed E-state index contributed by atoms with van der Waals surface area (Å²) >= 11 is 0. The number of carbonyl (C=O) groups is 3. The smallest absolute Gasteiger partial charge is 0.375 e. The van der Waals surface area contributed by atoms with Gasteiger partial charge in [-0.3, -0.25) is 9.59 Å². The largest absolute Gasteiger partial charge is 0.497 e. The van der Waals surface area contributed by atoms with Crippen LogP contribution in [-0.2, 0) is 19.1 Å². The number of carbonyl (C=O) groups excluding carboxylic acids is 2. The van der Waals surface area contributed by atoms with Crippen molar-refractivity contribution in [1.29, 1.82) is 0 Å². The summed E-state index contributed by atoms with van der Waals surface area (Å²) in [7, 11) is 1.55. The Labute approximate surface area is 121 Å². The number of carboxylic acids is 1. The summed E-state index contributed by atoms with van der Waals surface area (Å²) in [5.41, 5.74) is 0. The van der Waals surface area contributed by atoms with Gasteiger partial charge in [0.05, 0.1) is 13.5 Å². The molecule has 1 rings (SSSR count). The second-order valence-electron chi connectivity index (χ2n) is 4.20. The van der Waals surface area contributed by atoms with E-state index >= 15 is 0 Å². The SMILES string of the molecule is COc1ccc(OC(C)CC(=O)OCC(=O)C(=O)O)cc1. The normalized spacial score (nSPS) is 11.3. The minimum Gasteiger partial charge on any atom is -0.497 e. The molecule has 1 aromatic rings. The first-order valence-corrected chi connectivity index (χ1v) is 6.15. The number of benzene rings is 1. The third-order valence-electron chi connectivity index (χ3n) is 2.45. The van der Waals surface area contributed by atoms with Crippen LogP contribution >= 0.6 is 0 Å². The summed E-state index contributed by atoms with van der Waals surface area (Å²) in [5, 5.41) is 8.34. The maximum atomic E-state index is 11.4. The molecular formula is C14H16O7. The predicted octanol–water partition coefficient (Wildman–Crippen LogP) is 1.05. The lowest BCUT2D eigenvalue weighted by atomic mass is 10.2. The number of hydrogen-bond acceptors (Lipinski definition) is 6. The molecule has 21 heavy (non-hydrogen) atoms. The van der Waals surface area contributed by atoms with Crippen LogP contribution in [-0.4, -0.2) is 42.6 Å². The second-order valence-corrected chi connectivity index (χ2v) is 4.20. The van der Waals surface area contributed by atoms with Gasteiger partial charge in [0.1, 0.15) is 17.6 Å². The van der Waals surface area contributed by atoms with Crippen molar-refractivity contribution in [2.75, 3.05) is 13.7 Å². The molecule has 0 amide bonds. The number of Topliss-reactive ketones (excluding diaryl/α,β-unsaturated/α-hetero) is 1. The standard InChI is InChI=1S/C14H16O7/c1-9(7-13(16)20-8-12(15)14(17)18)21-11-5-3-10(19-2)4-6-11/h3-6,9H,7-8H2,1-2H3,(H,17,18). The first-order valence-electron chi connectivity index (χ1n) is 6.15. The molecule has 1 N–H and O–H groups in total. The van der Waals surface area contributed by atoms with Crippen LogP contribution in [0.1, 0.15) is 13.3 Å². The fraction of sp³-hybridized carbons (Fsp3) is 0.357. The summed E-state index contributed by atoms with van der Waals surface area (Å²) in [5.74, 6) is -2.28. The minimum atomic E-state index is -1.63. The molecule has 0 aliphatic carbocycles. The van der Waals surface area contributed by atoms with Gasteiger partial charge in [-0.1, -0.05) is 0 Å². The molecule has 7 nitrogen and oxygen atoms in total. The van der Waals surface area contributed by atoms with Gasteiger partial charge in [-0.15, -0.1) is 0 Å². The molecule has 0 aliphatic heterocycles. The lowest BCUT2D eigenvalue weighted by Gasteiger charge is -2.14. The zero-order valence-corrected chi connectivity index (χ0v) is 11.7. The lowest BCUT2D eigenvalue weighted by Crippen LogP contribution is -2.24. The molecule has 0 radical (unpaired) electrons. The molecule has 0 aliphatic rings. The van der Waals surface area contributed by atoms with Crippen LogP contribution in [0.4, 0.5) is 0 Å². The Hall–Kier alpha value is -2.57. The van der Waals surface area contributed by atoms with E-state index in [2.05, 4.69) is 4.74 Å². The Morgan fingerprint density at radius 3 is 2.24 bits per heavy atom. The van der Waals surface area contributed by atoms with E-state index in [0.717, 1.165) is 0 Å². The van der Waals surface area contributed by atoms with E-state index in [1.165, 1.54) is 0 Å². The van der Waals surface area contributed by atoms with Gasteiger partial charge < -0.3 is 19.3 Å². The third kappa shape index (κ3) is 5.94. The van der Waals surface area contributed by atoms with Gasteiger partial charge in [-0.2, -0.15) is 0 Å². The van der Waals surface area contributed by atoms with Gasteiger partial charge in [0, 0.05) is 0 Å². The average Bonchev–Trinajstić information content (AvgIpc) is 2.45. The van der Waals surface area contributed by atoms with Crippen molar-refractivity contribution < 1.29 is 33.7 Å². The quantitative estimate of drug-likeness (QED) is 0.565. The molecule has 0 saturated carbocycles. The van der Waals surface area contributed by atoms with Crippen molar-refractivity contribution in [3.05, 3.63) is 24.3 Å². The van der Waals surface area contributed by atoms with Gasteiger partial charge in [0.15, 0.2) is 6.61 Å². The Morgan fingerprint density at radius 2 is 1.71 bits per heavy atom. The zero-order valence-electron chi connectivity index (χ0n) is 11.7. The van der Waals surface area contributed by atoms with Crippen LogP contribution in [0.3, 0.4) is 0 Å². The van der Waals surface area contributed by atoms with Crippen LogP contribution in [0.15, 0.2) is 24.3 Å². The van der Waals surface area contributed by atoms with E-state index in [-0.39, 0.29) is 6.42 Å². The monoisotopic (exact) mass is 296 g/mol. The van der Waals surface area contributed by atoms with Gasteiger partial charge >= 0.3 is 11.9 Å². The van der Waals surface area contributed by atoms with Crippen molar-refractivity contribution in [1.82, 2.24) is 0 Å². The summed E-state index contributed by atoms with van der Waals surface area (Å²) in [4.78, 5) is 32.4. The summed E-state index contributed by atoms with van der Waals surface area (Å²) in [6, 6.07) is 6.81. The average molecular weight is 296 g/mol. The van der Waals surface area contributed by atoms with Crippen molar-refractivity contribution >= 4 is 17.7 Å². The number of aliphatic carboxylic acids is 1. The number of esters is 1. The number of hydrogen-bond donors (Lipinski definition) is 1. The van der Waals surface area contributed by atoms with Gasteiger partial charge in [0.2, 0.25) is 0 Å². The van der Waals surface area contributed by atoms with Crippen LogP contribution < -0.4 is 9.47 Å². The molecular weight excluding hydrogens is 280 g/mol. The maximum Gasteiger partial charge on any atom is 0.375 e. The molecule has 0 bridgehead atoms. The first kappa shape index (κ1) is 16.5. The summed E-state index contributed by atoms with van der Waals surface area (Å²) < 4.78 is 15.0. The minimum absolute atomic E-state index is 0.0983. The van der Waals surface area contributed by atoms with Crippen molar-refractivity contribution in [2.45, 2.75) is 19.4 Å². The Bertz CT molecular complexity index is 507. The number of carboxylic acid groups (broad SMARTS) is 1. The Morgan fingerprint density at radius 1 is 1.14 bits per heavy atom. The van der Waals surface area contributed by atoms with Crippen LogP contribution in [0.2, 0.25) is 0 Å². The van der Waals surface area contributed by atoms with Gasteiger partial charge in [0.25, 0.3) is 5.78 Å². The van der Waals surface area contributed by atoms with Gasteiger partial charge in [-0.25, -0.2) is 4.79 Å². The fourth-order valence-electron chi connectivity index (χ4n) is 1.43. The molecule has 1 atom stereocenters. The number of ketones is 1. The van der Waals surface area contributed by atoms with E-state index in [4.69, 9.17) is 14.6 Å². The van der Waals surface area contributed by atoms with E-state index in [1.807, 2.05) is 0 Å². The Balaban J connectivity index is 2.38. The zero-order chi connectivity index (χ0) is 15.8. The van der Waals surface area contributed by atoms with E-state index in [0.29, 0.717) is 11.5 Å². The van der Waals surface area contributed by atoms with Crippen molar-refractivity contribution in [2.24, 2.45) is 0 Å². The molecule has 0 spiro atoms. The molecule has 0 heterocycles. The summed E-state index contributed by atoms with van der Waals surface area (Å²) in [6.07, 6.45) is -0.579. The van der Waals surface area contributed by atoms with Crippen LogP contribution in [0, 0.1) is 0 Å². The number of rotatable bonds is 8. The van der Waals surface area contributed by atoms with Crippen LogP contribution in [0.25, 0.3) is 0 Å². The highest BCUT2D eigenvalue weighted by molar-refractivity contribution is 6.33. The highest BCUT2D eigenvalue weighted by Crippen LogP contribution is 2.18. The summed E-state index contributed by atoms with van der Waals surface area (Å²) in [6.45, 7) is 0.883. The molecule has 0 saturated heterocycles. The molecule has 1 aromatic carbocycles. The highest BCUT2D eigenvalue weighted by atomic mass is 16.5. The molecule has 0 fully saturated rings. The van der Waals surface area contributed by atoms with E-state index in [9.17, 15) is 14.4 Å².